The zero-order valence-corrected chi connectivity index (χ0v) is 16.6. The van der Waals surface area contributed by atoms with Gasteiger partial charge in [-0.15, -0.1) is 0 Å². The summed E-state index contributed by atoms with van der Waals surface area (Å²) in [6, 6.07) is 12.0. The van der Waals surface area contributed by atoms with Gasteiger partial charge in [0, 0.05) is 25.6 Å². The van der Waals surface area contributed by atoms with Crippen LogP contribution in [-0.2, 0) is 20.0 Å². The van der Waals surface area contributed by atoms with Gasteiger partial charge in [0.15, 0.2) is 0 Å². The number of rotatable bonds is 5. The van der Waals surface area contributed by atoms with Gasteiger partial charge in [0.1, 0.15) is 0 Å². The summed E-state index contributed by atoms with van der Waals surface area (Å²) in [5, 5.41) is 0. The monoisotopic (exact) mass is 432 g/mol. The molecule has 0 aliphatic carbocycles. The molecule has 0 amide bonds. The molecule has 0 aliphatic rings. The van der Waals surface area contributed by atoms with Crippen molar-refractivity contribution in [2.75, 3.05) is 25.4 Å². The van der Waals surface area contributed by atoms with E-state index in [0.717, 1.165) is 13.1 Å². The maximum atomic E-state index is 12.7. The van der Waals surface area contributed by atoms with Crippen molar-refractivity contribution in [3.8, 4) is 0 Å². The Morgan fingerprint density at radius 1 is 0.792 bits per heavy atom. The van der Waals surface area contributed by atoms with E-state index in [2.05, 4.69) is 15.9 Å². The third kappa shape index (κ3) is 3.64. The van der Waals surface area contributed by atoms with Crippen LogP contribution < -0.4 is 4.31 Å². The Morgan fingerprint density at radius 2 is 1.29 bits per heavy atom. The minimum absolute atomic E-state index is 0.0164. The Balaban J connectivity index is 2.40. The molecule has 0 radical (unpaired) electrons. The first-order valence-electron chi connectivity index (χ1n) is 6.84. The van der Waals surface area contributed by atoms with Crippen LogP contribution >= 0.6 is 15.9 Å². The SMILES string of the molecule is CN(C)S(=O)(=O)c1ccc(S(=O)(=O)N(C)c2cccc(Br)c2)cc1. The molecule has 2 aromatic carbocycles. The van der Waals surface area contributed by atoms with E-state index < -0.39 is 20.0 Å². The molecule has 0 saturated carbocycles. The molecule has 0 bridgehead atoms. The summed E-state index contributed by atoms with van der Waals surface area (Å²) in [5.74, 6) is 0. The Hall–Kier alpha value is -1.42. The molecule has 0 atom stereocenters. The van der Waals surface area contributed by atoms with Crippen LogP contribution in [0.5, 0.6) is 0 Å². The van der Waals surface area contributed by atoms with Gasteiger partial charge in [0.05, 0.1) is 15.5 Å². The Labute approximate surface area is 150 Å². The molecule has 0 spiro atoms. The van der Waals surface area contributed by atoms with Gasteiger partial charge >= 0.3 is 0 Å². The second kappa shape index (κ2) is 6.83. The van der Waals surface area contributed by atoms with Gasteiger partial charge in [-0.25, -0.2) is 21.1 Å². The number of anilines is 1. The van der Waals surface area contributed by atoms with E-state index in [1.165, 1.54) is 45.4 Å². The van der Waals surface area contributed by atoms with E-state index in [0.29, 0.717) is 5.69 Å². The van der Waals surface area contributed by atoms with E-state index in [9.17, 15) is 16.8 Å². The fraction of sp³-hybridized carbons (Fsp3) is 0.200. The number of hydrogen-bond acceptors (Lipinski definition) is 4. The van der Waals surface area contributed by atoms with Crippen LogP contribution in [0.25, 0.3) is 0 Å². The highest BCUT2D eigenvalue weighted by Gasteiger charge is 2.23. The van der Waals surface area contributed by atoms with Crippen molar-refractivity contribution in [2.24, 2.45) is 0 Å². The van der Waals surface area contributed by atoms with E-state index in [1.54, 1.807) is 24.3 Å². The summed E-state index contributed by atoms with van der Waals surface area (Å²) in [4.78, 5) is 0.0549. The first-order valence-corrected chi connectivity index (χ1v) is 10.5. The Kier molecular flexibility index (Phi) is 5.38. The van der Waals surface area contributed by atoms with Crippen molar-refractivity contribution >= 4 is 41.7 Å². The van der Waals surface area contributed by atoms with Crippen LogP contribution in [-0.4, -0.2) is 42.3 Å². The van der Waals surface area contributed by atoms with Crippen LogP contribution in [0, 0.1) is 0 Å². The predicted molar refractivity (Wildman–Crippen MR) is 97.0 cm³/mol. The number of hydrogen-bond donors (Lipinski definition) is 0. The molecule has 2 rings (SSSR count). The average Bonchev–Trinajstić information content (AvgIpc) is 2.54. The normalized spacial score (nSPS) is 12.4. The molecular weight excluding hydrogens is 416 g/mol. The van der Waals surface area contributed by atoms with E-state index in [4.69, 9.17) is 0 Å². The van der Waals surface area contributed by atoms with Gasteiger partial charge in [0.2, 0.25) is 10.0 Å². The summed E-state index contributed by atoms with van der Waals surface area (Å²) in [7, 11) is -3.10. The van der Waals surface area contributed by atoms with Gasteiger partial charge in [-0.1, -0.05) is 22.0 Å². The van der Waals surface area contributed by atoms with Gasteiger partial charge in [-0.3, -0.25) is 4.31 Å². The number of nitrogens with zero attached hydrogens (tertiary/aromatic N) is 2. The second-order valence-corrected chi connectivity index (χ2v) is 10.2. The summed E-state index contributed by atoms with van der Waals surface area (Å²) >= 11 is 3.31. The van der Waals surface area contributed by atoms with Gasteiger partial charge in [-0.2, -0.15) is 0 Å². The van der Waals surface area contributed by atoms with Crippen molar-refractivity contribution < 1.29 is 16.8 Å². The molecule has 0 aromatic heterocycles. The second-order valence-electron chi connectivity index (χ2n) is 5.21. The number of benzene rings is 2. The quantitative estimate of drug-likeness (QED) is 0.727. The lowest BCUT2D eigenvalue weighted by Gasteiger charge is -2.20. The fourth-order valence-corrected chi connectivity index (χ4v) is 4.44. The summed E-state index contributed by atoms with van der Waals surface area (Å²) in [5.41, 5.74) is 0.495. The topological polar surface area (TPSA) is 74.8 Å². The molecule has 0 unspecified atom stereocenters. The molecule has 0 aliphatic heterocycles. The summed E-state index contributed by atoms with van der Waals surface area (Å²) in [6.45, 7) is 0. The molecule has 0 heterocycles. The lowest BCUT2D eigenvalue weighted by atomic mass is 10.3. The van der Waals surface area contributed by atoms with Crippen molar-refractivity contribution in [3.05, 3.63) is 53.0 Å². The lowest BCUT2D eigenvalue weighted by Crippen LogP contribution is -2.27. The molecular formula is C15H17BrN2O4S2. The summed E-state index contributed by atoms with van der Waals surface area (Å²) in [6.07, 6.45) is 0. The zero-order valence-electron chi connectivity index (χ0n) is 13.3. The predicted octanol–water partition coefficient (Wildman–Crippen LogP) is 2.52. The smallest absolute Gasteiger partial charge is 0.264 e. The van der Waals surface area contributed by atoms with Crippen molar-refractivity contribution in [1.29, 1.82) is 0 Å². The third-order valence-corrected chi connectivity index (χ3v) is 7.55. The zero-order chi connectivity index (χ0) is 18.1. The highest BCUT2D eigenvalue weighted by Crippen LogP contribution is 2.25. The van der Waals surface area contributed by atoms with Gasteiger partial charge in [0.25, 0.3) is 10.0 Å². The largest absolute Gasteiger partial charge is 0.269 e. The molecule has 0 N–H and O–H groups in total. The molecule has 6 nitrogen and oxygen atoms in total. The van der Waals surface area contributed by atoms with E-state index >= 15 is 0 Å². The lowest BCUT2D eigenvalue weighted by molar-refractivity contribution is 0.520. The maximum Gasteiger partial charge on any atom is 0.264 e. The maximum absolute atomic E-state index is 12.7. The van der Waals surface area contributed by atoms with E-state index in [1.807, 2.05) is 0 Å². The van der Waals surface area contributed by atoms with Crippen LogP contribution in [0.4, 0.5) is 5.69 Å². The van der Waals surface area contributed by atoms with Crippen molar-refractivity contribution in [1.82, 2.24) is 4.31 Å². The molecule has 24 heavy (non-hydrogen) atoms. The first-order chi connectivity index (χ1) is 11.1. The van der Waals surface area contributed by atoms with Crippen LogP contribution in [0.15, 0.2) is 62.8 Å². The van der Waals surface area contributed by atoms with Crippen LogP contribution in [0.1, 0.15) is 0 Å². The van der Waals surface area contributed by atoms with Crippen LogP contribution in [0.3, 0.4) is 0 Å². The highest BCUT2D eigenvalue weighted by molar-refractivity contribution is 9.10. The number of sulfonamides is 2. The van der Waals surface area contributed by atoms with Crippen molar-refractivity contribution in [2.45, 2.75) is 9.79 Å². The molecule has 2 aromatic rings. The van der Waals surface area contributed by atoms with E-state index in [-0.39, 0.29) is 9.79 Å². The number of halogens is 1. The average molecular weight is 433 g/mol. The standard InChI is InChI=1S/C15H17BrN2O4S2/c1-17(2)23(19,20)14-7-9-15(10-8-14)24(21,22)18(3)13-6-4-5-12(16)11-13/h4-11H,1-3H3. The molecule has 0 fully saturated rings. The Morgan fingerprint density at radius 3 is 1.75 bits per heavy atom. The highest BCUT2D eigenvalue weighted by atomic mass is 79.9. The minimum Gasteiger partial charge on any atom is -0.269 e. The Bertz CT molecular complexity index is 940. The minimum atomic E-state index is -3.79. The van der Waals surface area contributed by atoms with Crippen LogP contribution in [0.2, 0.25) is 0 Å². The van der Waals surface area contributed by atoms with Gasteiger partial charge < -0.3 is 0 Å². The molecule has 0 saturated heterocycles. The summed E-state index contributed by atoms with van der Waals surface area (Å²) < 4.78 is 52.5. The van der Waals surface area contributed by atoms with Crippen molar-refractivity contribution in [3.63, 3.8) is 0 Å². The first kappa shape index (κ1) is 18.9. The third-order valence-electron chi connectivity index (χ3n) is 3.43. The van der Waals surface area contributed by atoms with Gasteiger partial charge in [-0.05, 0) is 42.5 Å². The fourth-order valence-electron chi connectivity index (χ4n) is 1.96. The molecule has 9 heteroatoms. The molecule has 130 valence electrons.